The lowest BCUT2D eigenvalue weighted by molar-refractivity contribution is -0.110. The lowest BCUT2D eigenvalue weighted by Gasteiger charge is -2.16. The van der Waals surface area contributed by atoms with Crippen molar-refractivity contribution < 1.29 is 4.79 Å². The summed E-state index contributed by atoms with van der Waals surface area (Å²) < 4.78 is 0. The van der Waals surface area contributed by atoms with Crippen LogP contribution in [0.4, 0.5) is 17.1 Å². The molecule has 0 unspecified atom stereocenters. The van der Waals surface area contributed by atoms with Gasteiger partial charge in [0.05, 0.1) is 11.3 Å². The average molecular weight is 384 g/mol. The van der Waals surface area contributed by atoms with Crippen molar-refractivity contribution in [2.45, 2.75) is 6.54 Å². The third kappa shape index (κ3) is 4.00. The van der Waals surface area contributed by atoms with E-state index in [0.717, 1.165) is 34.7 Å². The van der Waals surface area contributed by atoms with Gasteiger partial charge in [0, 0.05) is 29.2 Å². The molecule has 3 aromatic rings. The van der Waals surface area contributed by atoms with Crippen LogP contribution in [0.1, 0.15) is 16.7 Å². The molecule has 0 aliphatic carbocycles. The van der Waals surface area contributed by atoms with E-state index in [1.807, 2.05) is 68.7 Å². The largest absolute Gasteiger partial charge is 0.399 e. The number of nitrogen functional groups attached to an aromatic ring is 1. The minimum Gasteiger partial charge on any atom is -0.399 e. The third-order valence-electron chi connectivity index (χ3n) is 4.80. The normalized spacial score (nSPS) is 14.5. The Balaban J connectivity index is 1.84. The molecule has 4 N–H and O–H groups in total. The van der Waals surface area contributed by atoms with Gasteiger partial charge in [-0.15, -0.1) is 0 Å². The van der Waals surface area contributed by atoms with Gasteiger partial charge >= 0.3 is 0 Å². The third-order valence-corrected chi connectivity index (χ3v) is 4.80. The standard InChI is InChI=1S/C24H24N4O/c1-28(2)15-16-7-6-10-19(13-16)26-23(17-8-4-3-5-9-17)22-20-14-18(25)11-12-21(20)27-24(22)29/h3-14,26H,15,25H2,1-2H3,(H,27,29). The Morgan fingerprint density at radius 3 is 2.55 bits per heavy atom. The van der Waals surface area contributed by atoms with Crippen LogP contribution in [0.3, 0.4) is 0 Å². The molecule has 1 amide bonds. The van der Waals surface area contributed by atoms with Crippen LogP contribution in [-0.4, -0.2) is 24.9 Å². The topological polar surface area (TPSA) is 70.4 Å². The lowest BCUT2D eigenvalue weighted by atomic mass is 9.99. The highest BCUT2D eigenvalue weighted by Gasteiger charge is 2.28. The van der Waals surface area contributed by atoms with Gasteiger partial charge in [-0.05, 0) is 55.6 Å². The summed E-state index contributed by atoms with van der Waals surface area (Å²) in [6, 6.07) is 23.6. The summed E-state index contributed by atoms with van der Waals surface area (Å²) in [6.45, 7) is 0.840. The molecule has 0 atom stereocenters. The van der Waals surface area contributed by atoms with E-state index in [0.29, 0.717) is 11.3 Å². The van der Waals surface area contributed by atoms with Crippen LogP contribution < -0.4 is 16.4 Å². The number of fused-ring (bicyclic) bond motifs is 1. The van der Waals surface area contributed by atoms with Crippen LogP contribution in [0.2, 0.25) is 0 Å². The fourth-order valence-corrected chi connectivity index (χ4v) is 3.57. The Hall–Kier alpha value is -3.57. The van der Waals surface area contributed by atoms with Crippen molar-refractivity contribution in [2.75, 3.05) is 30.5 Å². The van der Waals surface area contributed by atoms with Crippen LogP contribution in [0.25, 0.3) is 11.3 Å². The number of nitrogens with one attached hydrogen (secondary N) is 2. The maximum Gasteiger partial charge on any atom is 0.258 e. The number of hydrogen-bond donors (Lipinski definition) is 3. The van der Waals surface area contributed by atoms with Gasteiger partial charge in [0.2, 0.25) is 0 Å². The average Bonchev–Trinajstić information content (AvgIpc) is 3.01. The molecule has 0 bridgehead atoms. The molecule has 0 radical (unpaired) electrons. The predicted octanol–water partition coefficient (Wildman–Crippen LogP) is 4.26. The molecule has 146 valence electrons. The highest BCUT2D eigenvalue weighted by atomic mass is 16.2. The molecule has 1 aliphatic rings. The van der Waals surface area contributed by atoms with E-state index in [1.54, 1.807) is 6.07 Å². The van der Waals surface area contributed by atoms with Gasteiger partial charge in [-0.25, -0.2) is 0 Å². The first-order chi connectivity index (χ1) is 14.0. The Kier molecular flexibility index (Phi) is 5.06. The molecule has 4 rings (SSSR count). The van der Waals surface area contributed by atoms with Crippen LogP contribution in [0, 0.1) is 0 Å². The minimum absolute atomic E-state index is 0.138. The first kappa shape index (κ1) is 18.8. The molecule has 0 saturated carbocycles. The van der Waals surface area contributed by atoms with E-state index < -0.39 is 0 Å². The second-order valence-electron chi connectivity index (χ2n) is 7.44. The quantitative estimate of drug-likeness (QED) is 0.454. The van der Waals surface area contributed by atoms with E-state index in [4.69, 9.17) is 5.73 Å². The Labute approximate surface area is 170 Å². The van der Waals surface area contributed by atoms with Crippen molar-refractivity contribution >= 4 is 34.2 Å². The molecular weight excluding hydrogens is 360 g/mol. The maximum atomic E-state index is 12.9. The van der Waals surface area contributed by atoms with Gasteiger partial charge in [-0.3, -0.25) is 4.79 Å². The van der Waals surface area contributed by atoms with E-state index in [2.05, 4.69) is 27.7 Å². The van der Waals surface area contributed by atoms with E-state index in [-0.39, 0.29) is 5.91 Å². The van der Waals surface area contributed by atoms with Crippen LogP contribution in [0.5, 0.6) is 0 Å². The van der Waals surface area contributed by atoms with E-state index in [1.165, 1.54) is 5.56 Å². The second kappa shape index (κ2) is 7.81. The zero-order chi connectivity index (χ0) is 20.4. The zero-order valence-corrected chi connectivity index (χ0v) is 16.6. The van der Waals surface area contributed by atoms with Gasteiger partial charge in [-0.2, -0.15) is 0 Å². The highest BCUT2D eigenvalue weighted by molar-refractivity contribution is 6.37. The number of rotatable bonds is 5. The molecule has 5 heteroatoms. The maximum absolute atomic E-state index is 12.9. The van der Waals surface area contributed by atoms with Crippen LogP contribution in [-0.2, 0) is 11.3 Å². The molecule has 0 saturated heterocycles. The van der Waals surface area contributed by atoms with Crippen molar-refractivity contribution in [3.63, 3.8) is 0 Å². The first-order valence-corrected chi connectivity index (χ1v) is 9.53. The molecule has 0 fully saturated rings. The van der Waals surface area contributed by atoms with E-state index >= 15 is 0 Å². The molecule has 0 spiro atoms. The van der Waals surface area contributed by atoms with Crippen molar-refractivity contribution in [3.05, 3.63) is 89.5 Å². The molecule has 29 heavy (non-hydrogen) atoms. The number of nitrogens with two attached hydrogens (primary N) is 1. The predicted molar refractivity (Wildman–Crippen MR) is 120 cm³/mol. The van der Waals surface area contributed by atoms with Crippen molar-refractivity contribution in [2.24, 2.45) is 0 Å². The van der Waals surface area contributed by atoms with Crippen LogP contribution in [0.15, 0.2) is 72.8 Å². The number of anilines is 3. The fourth-order valence-electron chi connectivity index (χ4n) is 3.57. The highest BCUT2D eigenvalue weighted by Crippen LogP contribution is 2.38. The molecule has 1 heterocycles. The number of nitrogens with zero attached hydrogens (tertiary/aromatic N) is 1. The second-order valence-corrected chi connectivity index (χ2v) is 7.44. The summed E-state index contributed by atoms with van der Waals surface area (Å²) in [5, 5.41) is 6.45. The van der Waals surface area contributed by atoms with Gasteiger partial charge < -0.3 is 21.3 Å². The van der Waals surface area contributed by atoms with Gasteiger partial charge in [0.15, 0.2) is 0 Å². The summed E-state index contributed by atoms with van der Waals surface area (Å²) in [5.41, 5.74) is 12.6. The van der Waals surface area contributed by atoms with Gasteiger partial charge in [-0.1, -0.05) is 42.5 Å². The Morgan fingerprint density at radius 2 is 1.79 bits per heavy atom. The molecule has 3 aromatic carbocycles. The summed E-state index contributed by atoms with van der Waals surface area (Å²) in [6.07, 6.45) is 0. The molecule has 5 nitrogen and oxygen atoms in total. The fraction of sp³-hybridized carbons (Fsp3) is 0.125. The molecule has 1 aliphatic heterocycles. The summed E-state index contributed by atoms with van der Waals surface area (Å²) in [4.78, 5) is 15.0. The smallest absolute Gasteiger partial charge is 0.258 e. The number of amides is 1. The summed E-state index contributed by atoms with van der Waals surface area (Å²) >= 11 is 0. The lowest BCUT2D eigenvalue weighted by Crippen LogP contribution is -2.12. The number of benzene rings is 3. The Bertz CT molecular complexity index is 1090. The number of carbonyl (C=O) groups is 1. The monoisotopic (exact) mass is 384 g/mol. The zero-order valence-electron chi connectivity index (χ0n) is 16.6. The van der Waals surface area contributed by atoms with Gasteiger partial charge in [0.1, 0.15) is 0 Å². The minimum atomic E-state index is -0.138. The van der Waals surface area contributed by atoms with Crippen molar-refractivity contribution in [1.29, 1.82) is 0 Å². The molecule has 0 aromatic heterocycles. The summed E-state index contributed by atoms with van der Waals surface area (Å²) in [7, 11) is 4.09. The number of hydrogen-bond acceptors (Lipinski definition) is 4. The summed E-state index contributed by atoms with van der Waals surface area (Å²) in [5.74, 6) is -0.138. The number of carbonyl (C=O) groups excluding carboxylic acids is 1. The van der Waals surface area contributed by atoms with Gasteiger partial charge in [0.25, 0.3) is 5.91 Å². The first-order valence-electron chi connectivity index (χ1n) is 9.53. The van der Waals surface area contributed by atoms with Crippen molar-refractivity contribution in [3.8, 4) is 0 Å². The SMILES string of the molecule is CN(C)Cc1cccc(NC(=C2C(=O)Nc3ccc(N)cc32)c2ccccc2)c1. The Morgan fingerprint density at radius 1 is 1.00 bits per heavy atom. The molecular formula is C24H24N4O. The van der Waals surface area contributed by atoms with Crippen LogP contribution >= 0.6 is 0 Å². The van der Waals surface area contributed by atoms with Crippen molar-refractivity contribution in [1.82, 2.24) is 4.90 Å². The van der Waals surface area contributed by atoms with E-state index in [9.17, 15) is 4.79 Å².